The van der Waals surface area contributed by atoms with Crippen LogP contribution in [-0.4, -0.2) is 24.5 Å². The Bertz CT molecular complexity index is 173. The van der Waals surface area contributed by atoms with Crippen LogP contribution in [0.5, 0.6) is 0 Å². The number of nitrogens with zero attached hydrogens (tertiary/aromatic N) is 4. The minimum atomic E-state index is 0. The molecule has 0 aromatic heterocycles. The molecule has 13 heavy (non-hydrogen) atoms. The molecule has 50 valence electrons. The summed E-state index contributed by atoms with van der Waals surface area (Å²) in [5.74, 6) is 0. The van der Waals surface area contributed by atoms with E-state index in [4.69, 9.17) is 15.8 Å². The number of hydrogen-bond donors (Lipinski definition) is 0. The van der Waals surface area contributed by atoms with Gasteiger partial charge in [-0.15, -0.1) is 0 Å². The third kappa shape index (κ3) is 16.1. The Kier molecular flexibility index (Phi) is 35.1. The molecule has 0 N–H and O–H groups in total. The van der Waals surface area contributed by atoms with Gasteiger partial charge in [0.15, 0.2) is 0 Å². The normalized spacial score (nSPS) is 6.00. The molecule has 0 aromatic carbocycles. The van der Waals surface area contributed by atoms with Crippen LogP contribution in [0.15, 0.2) is 0 Å². The second-order valence-corrected chi connectivity index (χ2v) is 1.62. The Morgan fingerprint density at radius 2 is 0.923 bits per heavy atom. The number of rotatable bonds is 3. The Labute approximate surface area is 145 Å². The second-order valence-electron chi connectivity index (χ2n) is 1.62. The summed E-state index contributed by atoms with van der Waals surface area (Å²) in [4.78, 5) is 1.46. The topological polar surface area (TPSA) is 74.6 Å². The summed E-state index contributed by atoms with van der Waals surface area (Å²) in [6, 6.07) is 5.58. The average Bonchev–Trinajstić information content (AvgIpc) is 1.90. The zero-order valence-electron chi connectivity index (χ0n) is 8.41. The zero-order valence-corrected chi connectivity index (χ0v) is 14.4. The fourth-order valence-corrected chi connectivity index (χ4v) is 0.468. The maximum Gasteiger partial charge on any atom is 1.00 e. The molecular formula is C6H6N4Na3+3. The van der Waals surface area contributed by atoms with E-state index in [-0.39, 0.29) is 108 Å². The molecule has 0 saturated heterocycles. The molecule has 0 rings (SSSR count). The van der Waals surface area contributed by atoms with Crippen LogP contribution in [0, 0.1) is 34.0 Å². The summed E-state index contributed by atoms with van der Waals surface area (Å²) in [7, 11) is 0. The van der Waals surface area contributed by atoms with Crippen LogP contribution in [0.3, 0.4) is 0 Å². The van der Waals surface area contributed by atoms with E-state index in [9.17, 15) is 0 Å². The summed E-state index contributed by atoms with van der Waals surface area (Å²) in [6.07, 6.45) is 0. The third-order valence-corrected chi connectivity index (χ3v) is 0.883. The molecule has 0 aliphatic carbocycles. The van der Waals surface area contributed by atoms with E-state index >= 15 is 0 Å². The molecule has 0 radical (unpaired) electrons. The maximum absolute atomic E-state index is 8.18. The molecule has 0 fully saturated rings. The van der Waals surface area contributed by atoms with E-state index in [1.807, 2.05) is 18.2 Å². The number of nitriles is 3. The fourth-order valence-electron chi connectivity index (χ4n) is 0.468. The smallest absolute Gasteiger partial charge is 0.264 e. The average molecular weight is 203 g/mol. The van der Waals surface area contributed by atoms with E-state index < -0.39 is 0 Å². The first-order valence-corrected chi connectivity index (χ1v) is 2.68. The van der Waals surface area contributed by atoms with E-state index in [2.05, 4.69) is 0 Å². The Balaban J connectivity index is -0.000000135. The van der Waals surface area contributed by atoms with Gasteiger partial charge in [-0.3, -0.25) is 4.90 Å². The van der Waals surface area contributed by atoms with Crippen LogP contribution >= 0.6 is 0 Å². The van der Waals surface area contributed by atoms with Crippen LogP contribution in [0.2, 0.25) is 0 Å². The van der Waals surface area contributed by atoms with Crippen molar-refractivity contribution in [1.29, 1.82) is 15.8 Å². The van der Waals surface area contributed by atoms with E-state index in [1.54, 1.807) is 0 Å². The predicted octanol–water partition coefficient (Wildman–Crippen LogP) is -9.13. The van der Waals surface area contributed by atoms with E-state index in [0.29, 0.717) is 0 Å². The SMILES string of the molecule is N#CCN(CC#N)CC#N.[Na+].[Na+].[Na+]. The van der Waals surface area contributed by atoms with Crippen molar-refractivity contribution in [3.8, 4) is 18.2 Å². The molecular weight excluding hydrogens is 197 g/mol. The van der Waals surface area contributed by atoms with Gasteiger partial charge in [-0.25, -0.2) is 0 Å². The minimum absolute atomic E-state index is 0. The van der Waals surface area contributed by atoms with Gasteiger partial charge in [-0.1, -0.05) is 0 Å². The third-order valence-electron chi connectivity index (χ3n) is 0.883. The first kappa shape index (κ1) is 23.9. The second kappa shape index (κ2) is 19.1. The molecule has 0 bridgehead atoms. The molecule has 0 unspecified atom stereocenters. The largest absolute Gasteiger partial charge is 1.00 e. The van der Waals surface area contributed by atoms with Crippen LogP contribution in [0.1, 0.15) is 0 Å². The van der Waals surface area contributed by atoms with Gasteiger partial charge in [0, 0.05) is 0 Å². The van der Waals surface area contributed by atoms with Crippen molar-refractivity contribution in [2.75, 3.05) is 19.6 Å². The van der Waals surface area contributed by atoms with Crippen LogP contribution < -0.4 is 88.7 Å². The predicted molar refractivity (Wildman–Crippen MR) is 33.3 cm³/mol. The van der Waals surface area contributed by atoms with Crippen molar-refractivity contribution in [3.05, 3.63) is 0 Å². The fraction of sp³-hybridized carbons (Fsp3) is 0.500. The summed E-state index contributed by atoms with van der Waals surface area (Å²) in [6.45, 7) is 0.420. The van der Waals surface area contributed by atoms with Crippen LogP contribution in [0.4, 0.5) is 0 Å². The van der Waals surface area contributed by atoms with Crippen molar-refractivity contribution >= 4 is 0 Å². The van der Waals surface area contributed by atoms with Gasteiger partial charge < -0.3 is 0 Å². The standard InChI is InChI=1S/C6H6N4.3Na/c7-1-4-10(5-2-8)6-3-9;;;/h4-6H2;;;/q;3*+1. The molecule has 0 aliphatic heterocycles. The molecule has 0 amide bonds. The minimum Gasteiger partial charge on any atom is -0.264 e. The zero-order chi connectivity index (χ0) is 7.82. The molecule has 7 heteroatoms. The van der Waals surface area contributed by atoms with Gasteiger partial charge in [0.1, 0.15) is 0 Å². The molecule has 0 aliphatic rings. The van der Waals surface area contributed by atoms with Crippen LogP contribution in [-0.2, 0) is 0 Å². The van der Waals surface area contributed by atoms with Crippen molar-refractivity contribution in [2.24, 2.45) is 0 Å². The van der Waals surface area contributed by atoms with E-state index in [0.717, 1.165) is 0 Å². The van der Waals surface area contributed by atoms with Gasteiger partial charge in [-0.2, -0.15) is 15.8 Å². The van der Waals surface area contributed by atoms with Crippen molar-refractivity contribution in [3.63, 3.8) is 0 Å². The first-order chi connectivity index (χ1) is 4.85. The van der Waals surface area contributed by atoms with Gasteiger partial charge in [0.2, 0.25) is 0 Å². The molecule has 0 spiro atoms. The quantitative estimate of drug-likeness (QED) is 0.337. The van der Waals surface area contributed by atoms with Crippen LogP contribution in [0.25, 0.3) is 0 Å². The summed E-state index contributed by atoms with van der Waals surface area (Å²) in [5, 5.41) is 24.5. The molecule has 0 heterocycles. The summed E-state index contributed by atoms with van der Waals surface area (Å²) < 4.78 is 0. The number of hydrogen-bond acceptors (Lipinski definition) is 4. The van der Waals surface area contributed by atoms with Gasteiger partial charge in [0.25, 0.3) is 0 Å². The van der Waals surface area contributed by atoms with Gasteiger partial charge in [-0.05, 0) is 0 Å². The molecule has 4 nitrogen and oxygen atoms in total. The molecule has 0 atom stereocenters. The monoisotopic (exact) mass is 203 g/mol. The Hall–Kier alpha value is 1.43. The first-order valence-electron chi connectivity index (χ1n) is 2.68. The van der Waals surface area contributed by atoms with Crippen molar-refractivity contribution < 1.29 is 88.7 Å². The molecule has 0 saturated carbocycles. The van der Waals surface area contributed by atoms with Gasteiger partial charge >= 0.3 is 88.7 Å². The molecule has 0 aromatic rings. The van der Waals surface area contributed by atoms with E-state index in [1.165, 1.54) is 4.90 Å². The Morgan fingerprint density at radius 1 is 0.692 bits per heavy atom. The summed E-state index contributed by atoms with van der Waals surface area (Å²) in [5.41, 5.74) is 0. The summed E-state index contributed by atoms with van der Waals surface area (Å²) >= 11 is 0. The maximum atomic E-state index is 8.18. The Morgan fingerprint density at radius 3 is 1.08 bits per heavy atom. The van der Waals surface area contributed by atoms with Crippen molar-refractivity contribution in [2.45, 2.75) is 0 Å². The van der Waals surface area contributed by atoms with Crippen molar-refractivity contribution in [1.82, 2.24) is 4.90 Å². The van der Waals surface area contributed by atoms with Gasteiger partial charge in [0.05, 0.1) is 37.8 Å².